The second-order valence-electron chi connectivity index (χ2n) is 4.38. The molecule has 0 saturated carbocycles. The molecule has 2 heterocycles. The highest BCUT2D eigenvalue weighted by Gasteiger charge is 2.17. The van der Waals surface area contributed by atoms with Crippen LogP contribution >= 0.6 is 23.5 Å². The molecule has 0 aromatic carbocycles. The monoisotopic (exact) mass is 269 g/mol. The zero-order valence-electron chi connectivity index (χ0n) is 10.5. The van der Waals surface area contributed by atoms with E-state index in [9.17, 15) is 0 Å². The summed E-state index contributed by atoms with van der Waals surface area (Å²) in [5.74, 6) is 1.15. The van der Waals surface area contributed by atoms with Crippen LogP contribution in [-0.4, -0.2) is 39.5 Å². The fourth-order valence-electron chi connectivity index (χ4n) is 1.85. The summed E-state index contributed by atoms with van der Waals surface area (Å²) in [6.07, 6.45) is 5.94. The minimum absolute atomic E-state index is 1.01. The van der Waals surface area contributed by atoms with Crippen LogP contribution in [0.5, 0.6) is 0 Å². The molecule has 1 aromatic heterocycles. The molecule has 0 atom stereocenters. The number of thioether (sulfide) groups is 1. The van der Waals surface area contributed by atoms with Gasteiger partial charge in [0.15, 0.2) is 0 Å². The van der Waals surface area contributed by atoms with Gasteiger partial charge in [-0.3, -0.25) is 0 Å². The highest BCUT2D eigenvalue weighted by atomic mass is 32.2. The van der Waals surface area contributed by atoms with Crippen LogP contribution in [0.1, 0.15) is 31.9 Å². The van der Waals surface area contributed by atoms with Crippen LogP contribution in [-0.2, 0) is 0 Å². The first-order valence-electron chi connectivity index (χ1n) is 6.14. The lowest BCUT2D eigenvalue weighted by Crippen LogP contribution is -2.25. The molecule has 0 N–H and O–H groups in total. The molecule has 0 fully saturated rings. The molecule has 1 aliphatic heterocycles. The van der Waals surface area contributed by atoms with Crippen molar-refractivity contribution in [1.82, 2.24) is 13.6 Å². The summed E-state index contributed by atoms with van der Waals surface area (Å²) in [6.45, 7) is 4.38. The minimum atomic E-state index is 1.01. The maximum Gasteiger partial charge on any atom is 0.138 e. The van der Waals surface area contributed by atoms with Crippen molar-refractivity contribution < 1.29 is 0 Å². The van der Waals surface area contributed by atoms with Crippen molar-refractivity contribution in [2.75, 3.05) is 25.9 Å². The van der Waals surface area contributed by atoms with Gasteiger partial charge in [0.25, 0.3) is 0 Å². The van der Waals surface area contributed by atoms with Gasteiger partial charge in [-0.1, -0.05) is 19.4 Å². The third kappa shape index (κ3) is 3.53. The van der Waals surface area contributed by atoms with E-state index < -0.39 is 0 Å². The maximum atomic E-state index is 4.47. The predicted molar refractivity (Wildman–Crippen MR) is 75.6 cm³/mol. The third-order valence-corrected chi connectivity index (χ3v) is 4.54. The van der Waals surface area contributed by atoms with Crippen molar-refractivity contribution in [3.05, 3.63) is 11.8 Å². The van der Waals surface area contributed by atoms with Crippen molar-refractivity contribution >= 4 is 29.1 Å². The van der Waals surface area contributed by atoms with Gasteiger partial charge in [0, 0.05) is 13.1 Å². The third-order valence-electron chi connectivity index (χ3n) is 2.84. The Hall–Kier alpha value is -0.390. The van der Waals surface area contributed by atoms with E-state index in [0.717, 1.165) is 36.0 Å². The van der Waals surface area contributed by atoms with Gasteiger partial charge in [-0.25, -0.2) is 0 Å². The highest BCUT2D eigenvalue weighted by molar-refractivity contribution is 7.99. The number of likely N-dealkylation sites (N-methyl/N-ethyl adjacent to an activating group) is 1. The average molecular weight is 269 g/mol. The molecule has 0 bridgehead atoms. The van der Waals surface area contributed by atoms with E-state index in [4.69, 9.17) is 0 Å². The number of rotatable bonds is 5. The number of unbranched alkanes of at least 4 members (excludes halogenated alkanes) is 1. The topological polar surface area (TPSA) is 29.0 Å². The van der Waals surface area contributed by atoms with Gasteiger partial charge in [-0.15, -0.1) is 11.8 Å². The first kappa shape index (κ1) is 13.1. The van der Waals surface area contributed by atoms with Crippen molar-refractivity contribution in [3.8, 4) is 0 Å². The summed E-state index contributed by atoms with van der Waals surface area (Å²) in [4.78, 5) is 2.34. The lowest BCUT2D eigenvalue weighted by Gasteiger charge is -2.22. The van der Waals surface area contributed by atoms with Gasteiger partial charge in [0.2, 0.25) is 0 Å². The summed E-state index contributed by atoms with van der Waals surface area (Å²) < 4.78 is 8.89. The van der Waals surface area contributed by atoms with Crippen molar-refractivity contribution in [2.24, 2.45) is 0 Å². The summed E-state index contributed by atoms with van der Waals surface area (Å²) in [7, 11) is 2.16. The normalized spacial score (nSPS) is 17.2. The Kier molecular flexibility index (Phi) is 5.00. The zero-order valence-corrected chi connectivity index (χ0v) is 12.1. The van der Waals surface area contributed by atoms with E-state index in [1.807, 2.05) is 11.8 Å². The van der Waals surface area contributed by atoms with Crippen LogP contribution in [0, 0.1) is 0 Å². The van der Waals surface area contributed by atoms with E-state index in [1.54, 1.807) is 0 Å². The van der Waals surface area contributed by atoms with Crippen LogP contribution in [0.4, 0.5) is 0 Å². The van der Waals surface area contributed by atoms with Crippen molar-refractivity contribution in [3.63, 3.8) is 0 Å². The molecule has 0 radical (unpaired) electrons. The number of aromatic nitrogens is 2. The number of hydrogen-bond acceptors (Lipinski definition) is 5. The summed E-state index contributed by atoms with van der Waals surface area (Å²) in [6, 6.07) is 0. The number of nitrogens with zero attached hydrogens (tertiary/aromatic N) is 3. The first-order valence-corrected chi connectivity index (χ1v) is 7.86. The quantitative estimate of drug-likeness (QED) is 0.606. The Morgan fingerprint density at radius 1 is 1.47 bits per heavy atom. The van der Waals surface area contributed by atoms with Crippen molar-refractivity contribution in [1.29, 1.82) is 0 Å². The van der Waals surface area contributed by atoms with Gasteiger partial charge in [0.05, 0.1) is 11.7 Å². The lowest BCUT2D eigenvalue weighted by molar-refractivity contribution is 0.372. The van der Waals surface area contributed by atoms with E-state index in [1.165, 1.54) is 30.1 Å². The predicted octanol–water partition coefficient (Wildman–Crippen LogP) is 3.15. The molecule has 94 valence electrons. The molecule has 5 heteroatoms. The van der Waals surface area contributed by atoms with E-state index in [2.05, 4.69) is 33.7 Å². The smallest absolute Gasteiger partial charge is 0.138 e. The summed E-state index contributed by atoms with van der Waals surface area (Å²) >= 11 is 3.19. The minimum Gasteiger partial charge on any atom is -0.302 e. The average Bonchev–Trinajstić information content (AvgIpc) is 2.78. The molecular formula is C12H19N3S2. The fraction of sp³-hybridized carbons (Fsp3) is 0.667. The maximum absolute atomic E-state index is 4.47. The van der Waals surface area contributed by atoms with Gasteiger partial charge in [-0.2, -0.15) is 8.75 Å². The molecule has 3 nitrogen and oxygen atoms in total. The number of hydrogen-bond donors (Lipinski definition) is 0. The molecule has 17 heavy (non-hydrogen) atoms. The molecule has 0 unspecified atom stereocenters. The second kappa shape index (κ2) is 6.52. The van der Waals surface area contributed by atoms with E-state index in [0.29, 0.717) is 0 Å². The van der Waals surface area contributed by atoms with Crippen LogP contribution in [0.25, 0.3) is 5.57 Å². The molecule has 1 aliphatic rings. The molecule has 1 aromatic rings. The molecule has 0 amide bonds. The SMILES string of the molecule is CCCCSc1nsnc1C1=CCCN(C)C1. The Morgan fingerprint density at radius 2 is 2.35 bits per heavy atom. The van der Waals surface area contributed by atoms with E-state index >= 15 is 0 Å². The Labute approximate surface area is 112 Å². The second-order valence-corrected chi connectivity index (χ2v) is 5.99. The largest absolute Gasteiger partial charge is 0.302 e. The highest BCUT2D eigenvalue weighted by Crippen LogP contribution is 2.29. The lowest BCUT2D eigenvalue weighted by atomic mass is 10.1. The van der Waals surface area contributed by atoms with Crippen molar-refractivity contribution in [2.45, 2.75) is 31.2 Å². The van der Waals surface area contributed by atoms with Gasteiger partial charge in [-0.05, 0) is 31.2 Å². The molecule has 2 rings (SSSR count). The van der Waals surface area contributed by atoms with E-state index in [-0.39, 0.29) is 0 Å². The molecule has 0 spiro atoms. The van der Waals surface area contributed by atoms with Crippen LogP contribution in [0.15, 0.2) is 11.1 Å². The summed E-state index contributed by atoms with van der Waals surface area (Å²) in [5.41, 5.74) is 2.48. The first-order chi connectivity index (χ1) is 8.31. The zero-order chi connectivity index (χ0) is 12.1. The molecular weight excluding hydrogens is 250 g/mol. The van der Waals surface area contributed by atoms with Gasteiger partial charge >= 0.3 is 0 Å². The molecule has 0 aliphatic carbocycles. The van der Waals surface area contributed by atoms with Gasteiger partial charge in [0.1, 0.15) is 10.7 Å². The van der Waals surface area contributed by atoms with Crippen LogP contribution in [0.2, 0.25) is 0 Å². The Bertz CT molecular complexity index is 387. The Balaban J connectivity index is 2.05. The fourth-order valence-corrected chi connectivity index (χ4v) is 3.64. The van der Waals surface area contributed by atoms with Gasteiger partial charge < -0.3 is 4.90 Å². The molecule has 0 saturated heterocycles. The Morgan fingerprint density at radius 3 is 3.12 bits per heavy atom. The summed E-state index contributed by atoms with van der Waals surface area (Å²) in [5, 5.41) is 1.13. The standard InChI is InChI=1S/C12H19N3S2/c1-3-4-8-16-12-11(13-17-14-12)10-6-5-7-15(2)9-10/h6H,3-5,7-9H2,1-2H3. The van der Waals surface area contributed by atoms with Crippen LogP contribution < -0.4 is 0 Å². The van der Waals surface area contributed by atoms with Crippen LogP contribution in [0.3, 0.4) is 0 Å².